The molecule has 1 amide bonds. The summed E-state index contributed by atoms with van der Waals surface area (Å²) < 4.78 is 59.3. The first-order valence-corrected chi connectivity index (χ1v) is 21.0. The molecule has 16 heteroatoms. The lowest BCUT2D eigenvalue weighted by Gasteiger charge is -2.37. The first-order valence-electron chi connectivity index (χ1n) is 19.9. The third-order valence-corrected chi connectivity index (χ3v) is 13.5. The highest BCUT2D eigenvalue weighted by Gasteiger charge is 2.56. The first kappa shape index (κ1) is 41.0. The van der Waals surface area contributed by atoms with Crippen LogP contribution in [0, 0.1) is 5.92 Å². The first-order chi connectivity index (χ1) is 28.4. The van der Waals surface area contributed by atoms with E-state index in [0.29, 0.717) is 11.5 Å². The molecule has 0 spiro atoms. The van der Waals surface area contributed by atoms with Crippen LogP contribution in [0.5, 0.6) is 11.5 Å². The molecule has 5 aromatic rings. The number of carbonyl (C=O) groups excluding carboxylic acids is 1. The fourth-order valence-corrected chi connectivity index (χ4v) is 10.4. The Bertz CT molecular complexity index is 2260. The predicted octanol–water partition coefficient (Wildman–Crippen LogP) is 7.25. The van der Waals surface area contributed by atoms with Gasteiger partial charge in [0.05, 0.1) is 32.8 Å². The maximum atomic E-state index is 17.5. The van der Waals surface area contributed by atoms with Crippen molar-refractivity contribution in [1.82, 2.24) is 24.2 Å². The summed E-state index contributed by atoms with van der Waals surface area (Å²) in [5.41, 5.74) is 0.143. The minimum atomic E-state index is -1.79. The quantitative estimate of drug-likeness (QED) is 0.0913. The van der Waals surface area contributed by atoms with Crippen LogP contribution in [-0.4, -0.2) is 88.0 Å². The number of likely N-dealkylation sites (N-methyl/N-ethyl adjacent to an activating group) is 1. The van der Waals surface area contributed by atoms with Gasteiger partial charge in [0.2, 0.25) is 11.9 Å². The molecule has 3 aromatic carbocycles. The minimum absolute atomic E-state index is 0.0364. The second kappa shape index (κ2) is 16.7. The van der Waals surface area contributed by atoms with Crippen molar-refractivity contribution in [3.8, 4) is 11.5 Å². The third-order valence-electron chi connectivity index (χ3n) is 11.7. The molecular weight excluding hydrogens is 778 g/mol. The van der Waals surface area contributed by atoms with Gasteiger partial charge in [0.25, 0.3) is 14.1 Å². The van der Waals surface area contributed by atoms with Crippen molar-refractivity contribution in [2.45, 2.75) is 88.3 Å². The molecule has 7 atom stereocenters. The van der Waals surface area contributed by atoms with Crippen molar-refractivity contribution in [2.24, 2.45) is 5.92 Å². The average molecular weight is 829 g/mol. The van der Waals surface area contributed by atoms with Gasteiger partial charge in [0.1, 0.15) is 29.3 Å². The van der Waals surface area contributed by atoms with E-state index in [9.17, 15) is 9.59 Å². The lowest BCUT2D eigenvalue weighted by molar-refractivity contribution is -0.118. The molecule has 2 saturated heterocycles. The summed E-state index contributed by atoms with van der Waals surface area (Å²) in [5, 5.41) is 2.63. The van der Waals surface area contributed by atoms with Gasteiger partial charge in [-0.05, 0) is 67.8 Å². The molecule has 3 aliphatic rings. The maximum absolute atomic E-state index is 17.5. The summed E-state index contributed by atoms with van der Waals surface area (Å²) in [7, 11) is 3.49. The van der Waals surface area contributed by atoms with Crippen molar-refractivity contribution in [2.75, 3.05) is 33.2 Å². The normalized spacial score (nSPS) is 26.0. The number of methoxy groups -OCH3 is 2. The molecule has 0 bridgehead atoms. The van der Waals surface area contributed by atoms with Crippen molar-refractivity contribution in [3.05, 3.63) is 112 Å². The van der Waals surface area contributed by atoms with Crippen LogP contribution in [-0.2, 0) is 28.9 Å². The Balaban J connectivity index is 1.20. The largest absolute Gasteiger partial charge is 0.497 e. The number of hydrogen-bond acceptors (Lipinski definition) is 11. The minimum Gasteiger partial charge on any atom is -0.497 e. The molecule has 4 heterocycles. The number of benzene rings is 3. The number of aromatic nitrogens is 4. The standard InChI is InChI=1S/C43H50FN6O8P/c1-26(2)38(51)47-41-46-37-35(39(52)48-41)45-25-50(37)40-34(44)36(57-59-49(4)33-14-10-11-23-42(33,3)58-59)32(56-40)24-55-43(27-12-8-7-9-13-27,28-15-19-30(53-5)20-16-28)29-17-21-31(54-6)22-18-29/h7-9,12-13,15-22,25-26,32-34,36,40H,10-11,14,23-24H2,1-6H3,(H2,46,47,48,51,52)/t32-,33+,34-,36-,40-,42+,59?/m1/s1. The molecule has 1 aliphatic carbocycles. The van der Waals surface area contributed by atoms with E-state index in [1.807, 2.05) is 85.9 Å². The van der Waals surface area contributed by atoms with E-state index >= 15 is 4.39 Å². The number of nitrogens with one attached hydrogen (secondary N) is 2. The Morgan fingerprint density at radius 3 is 2.27 bits per heavy atom. The lowest BCUT2D eigenvalue weighted by atomic mass is 9.80. The van der Waals surface area contributed by atoms with Crippen molar-refractivity contribution >= 4 is 31.5 Å². The summed E-state index contributed by atoms with van der Waals surface area (Å²) in [4.78, 5) is 37.1. The predicted molar refractivity (Wildman–Crippen MR) is 220 cm³/mol. The number of fused-ring (bicyclic) bond motifs is 2. The monoisotopic (exact) mass is 828 g/mol. The van der Waals surface area contributed by atoms with E-state index in [1.165, 1.54) is 10.9 Å². The smallest absolute Gasteiger partial charge is 0.280 e. The van der Waals surface area contributed by atoms with Gasteiger partial charge in [-0.25, -0.2) is 14.0 Å². The molecule has 2 aliphatic heterocycles. The zero-order valence-corrected chi connectivity index (χ0v) is 34.9. The fraction of sp³-hybridized carbons (Fsp3) is 0.442. The highest BCUT2D eigenvalue weighted by Crippen LogP contribution is 2.61. The molecule has 2 N–H and O–H groups in total. The zero-order chi connectivity index (χ0) is 41.5. The van der Waals surface area contributed by atoms with Crippen LogP contribution in [0.4, 0.5) is 10.3 Å². The van der Waals surface area contributed by atoms with E-state index in [4.69, 9.17) is 28.0 Å². The molecule has 3 fully saturated rings. The number of halogens is 1. The van der Waals surface area contributed by atoms with Crippen molar-refractivity contribution < 1.29 is 37.2 Å². The number of carbonyl (C=O) groups is 1. The van der Waals surface area contributed by atoms with E-state index < -0.39 is 49.9 Å². The Labute approximate surface area is 343 Å². The molecule has 59 heavy (non-hydrogen) atoms. The number of nitrogens with zero attached hydrogens (tertiary/aromatic N) is 4. The van der Waals surface area contributed by atoms with Gasteiger partial charge in [0.15, 0.2) is 23.6 Å². The van der Waals surface area contributed by atoms with Gasteiger partial charge in [0, 0.05) is 12.0 Å². The van der Waals surface area contributed by atoms with Crippen LogP contribution < -0.4 is 20.3 Å². The topological polar surface area (TPSA) is 151 Å². The summed E-state index contributed by atoms with van der Waals surface area (Å²) in [5.74, 6) is 0.528. The van der Waals surface area contributed by atoms with Gasteiger partial charge in [-0.1, -0.05) is 81.3 Å². The summed E-state index contributed by atoms with van der Waals surface area (Å²) in [6, 6.07) is 25.2. The maximum Gasteiger partial charge on any atom is 0.280 e. The van der Waals surface area contributed by atoms with E-state index in [1.54, 1.807) is 28.1 Å². The van der Waals surface area contributed by atoms with E-state index in [-0.39, 0.29) is 41.6 Å². The van der Waals surface area contributed by atoms with Crippen LogP contribution in [0.3, 0.4) is 0 Å². The SMILES string of the molecule is COc1ccc(C(OC[C@H]2O[C@@H](n3cnc4c(=O)[nH]c(NC(=O)C(C)C)nc43)[C@H](F)[C@@H]2OP2O[C@@]3(C)CCCC[C@@H]3N2C)(c2ccccc2)c2ccc(OC)cc2)cc1. The second-order valence-corrected chi connectivity index (χ2v) is 17.3. The van der Waals surface area contributed by atoms with Crippen LogP contribution in [0.2, 0.25) is 0 Å². The van der Waals surface area contributed by atoms with Gasteiger partial charge in [-0.3, -0.25) is 24.5 Å². The number of imidazole rings is 1. The number of anilines is 1. The number of ether oxygens (including phenoxy) is 4. The van der Waals surface area contributed by atoms with Gasteiger partial charge >= 0.3 is 0 Å². The highest BCUT2D eigenvalue weighted by atomic mass is 31.2. The molecule has 2 aromatic heterocycles. The molecule has 14 nitrogen and oxygen atoms in total. The van der Waals surface area contributed by atoms with Crippen LogP contribution in [0.15, 0.2) is 90.0 Å². The summed E-state index contributed by atoms with van der Waals surface area (Å²) >= 11 is 0. The fourth-order valence-electron chi connectivity index (χ4n) is 8.42. The molecular formula is C43H50FN6O8P. The Hall–Kier alpha value is -4.76. The summed E-state index contributed by atoms with van der Waals surface area (Å²) in [6.07, 6.45) is -0.0504. The van der Waals surface area contributed by atoms with Gasteiger partial charge in [-0.2, -0.15) is 4.98 Å². The second-order valence-electron chi connectivity index (χ2n) is 15.8. The Kier molecular flexibility index (Phi) is 11.6. The molecule has 0 radical (unpaired) electrons. The number of rotatable bonds is 13. The Morgan fingerprint density at radius 1 is 1.02 bits per heavy atom. The third kappa shape index (κ3) is 7.64. The van der Waals surface area contributed by atoms with Crippen LogP contribution >= 0.6 is 8.53 Å². The van der Waals surface area contributed by atoms with Crippen LogP contribution in [0.1, 0.15) is 69.4 Å². The Morgan fingerprint density at radius 2 is 1.66 bits per heavy atom. The van der Waals surface area contributed by atoms with Crippen LogP contribution in [0.25, 0.3) is 11.2 Å². The highest BCUT2D eigenvalue weighted by molar-refractivity contribution is 7.45. The number of amides is 1. The molecule has 312 valence electrons. The van der Waals surface area contributed by atoms with Gasteiger partial charge in [-0.15, -0.1) is 0 Å². The van der Waals surface area contributed by atoms with E-state index in [2.05, 4.69) is 31.9 Å². The summed E-state index contributed by atoms with van der Waals surface area (Å²) in [6.45, 7) is 5.40. The van der Waals surface area contributed by atoms with Gasteiger partial charge < -0.3 is 28.0 Å². The van der Waals surface area contributed by atoms with Crippen molar-refractivity contribution in [1.29, 1.82) is 0 Å². The molecule has 1 unspecified atom stereocenters. The zero-order valence-electron chi connectivity index (χ0n) is 34.0. The van der Waals surface area contributed by atoms with E-state index in [0.717, 1.165) is 42.4 Å². The number of alkyl halides is 1. The number of aromatic amines is 1. The van der Waals surface area contributed by atoms with Crippen molar-refractivity contribution in [3.63, 3.8) is 0 Å². The number of hydrogen-bond donors (Lipinski definition) is 2. The number of H-pyrrole nitrogens is 1. The average Bonchev–Trinajstić information content (AvgIpc) is 3.89. The lowest BCUT2D eigenvalue weighted by Crippen LogP contribution is -2.43. The molecule has 8 rings (SSSR count). The molecule has 1 saturated carbocycles.